The third-order valence-corrected chi connectivity index (χ3v) is 6.57. The van der Waals surface area contributed by atoms with Crippen LogP contribution in [0.5, 0.6) is 11.5 Å². The van der Waals surface area contributed by atoms with Gasteiger partial charge < -0.3 is 20.8 Å². The van der Waals surface area contributed by atoms with Crippen molar-refractivity contribution < 1.29 is 10.2 Å². The van der Waals surface area contributed by atoms with E-state index in [2.05, 4.69) is 24.5 Å². The van der Waals surface area contributed by atoms with Crippen LogP contribution in [0.3, 0.4) is 0 Å². The number of hydrogen-bond acceptors (Lipinski definition) is 6. The van der Waals surface area contributed by atoms with Crippen LogP contribution in [0, 0.1) is 0 Å². The monoisotopic (exact) mass is 364 g/mol. The van der Waals surface area contributed by atoms with Gasteiger partial charge in [-0.25, -0.2) is 0 Å². The molecule has 0 bridgehead atoms. The summed E-state index contributed by atoms with van der Waals surface area (Å²) in [5.41, 5.74) is 1.81. The Balaban J connectivity index is 1.67. The number of nitrogens with one attached hydrogen (secondary N) is 2. The summed E-state index contributed by atoms with van der Waals surface area (Å²) in [6, 6.07) is 14.7. The predicted molar refractivity (Wildman–Crippen MR) is 104 cm³/mol. The molecule has 0 saturated heterocycles. The van der Waals surface area contributed by atoms with E-state index in [-0.39, 0.29) is 10.7 Å². The maximum absolute atomic E-state index is 9.76. The van der Waals surface area contributed by atoms with E-state index >= 15 is 0 Å². The first-order valence-electron chi connectivity index (χ1n) is 7.89. The molecule has 0 radical (unpaired) electrons. The molecule has 2 atom stereocenters. The Hall–Kier alpha value is -1.34. The molecule has 0 heterocycles. The van der Waals surface area contributed by atoms with E-state index in [1.165, 1.54) is 0 Å². The van der Waals surface area contributed by atoms with Gasteiger partial charge in [0.2, 0.25) is 0 Å². The number of rotatable bonds is 9. The number of phenols is 2. The van der Waals surface area contributed by atoms with Crippen LogP contribution in [-0.4, -0.2) is 21.0 Å². The zero-order chi connectivity index (χ0) is 17.4. The third kappa shape index (κ3) is 6.28. The molecule has 0 amide bonds. The maximum Gasteiger partial charge on any atom is 0.120 e. The van der Waals surface area contributed by atoms with Gasteiger partial charge in [-0.15, -0.1) is 0 Å². The van der Waals surface area contributed by atoms with Crippen LogP contribution in [0.1, 0.15) is 25.0 Å². The molecular weight excluding hydrogens is 340 g/mol. The zero-order valence-electron chi connectivity index (χ0n) is 13.9. The van der Waals surface area contributed by atoms with Crippen molar-refractivity contribution in [1.29, 1.82) is 0 Å². The molecule has 0 aromatic heterocycles. The van der Waals surface area contributed by atoms with Crippen molar-refractivity contribution in [3.8, 4) is 11.5 Å². The molecule has 2 rings (SSSR count). The largest absolute Gasteiger partial charge is 0.508 e. The first-order valence-corrected chi connectivity index (χ1v) is 10.2. The lowest BCUT2D eigenvalue weighted by Gasteiger charge is -2.17. The molecule has 4 N–H and O–H groups in total. The quantitative estimate of drug-likeness (QED) is 0.398. The zero-order valence-corrected chi connectivity index (χ0v) is 15.5. The highest BCUT2D eigenvalue weighted by Gasteiger charge is 2.09. The van der Waals surface area contributed by atoms with E-state index in [0.29, 0.717) is 24.6 Å². The summed E-state index contributed by atoms with van der Waals surface area (Å²) in [6.45, 7) is 5.49. The Bertz CT molecular complexity index is 584. The van der Waals surface area contributed by atoms with Gasteiger partial charge in [-0.3, -0.25) is 0 Å². The fraction of sp³-hybridized carbons (Fsp3) is 0.333. The predicted octanol–water partition coefficient (Wildman–Crippen LogP) is 4.05. The molecule has 0 saturated carbocycles. The lowest BCUT2D eigenvalue weighted by molar-refractivity contribution is 0.464. The van der Waals surface area contributed by atoms with E-state index < -0.39 is 0 Å². The Morgan fingerprint density at radius 3 is 1.50 bits per heavy atom. The summed E-state index contributed by atoms with van der Waals surface area (Å²) < 4.78 is 0. The minimum Gasteiger partial charge on any atom is -0.508 e. The molecule has 2 unspecified atom stereocenters. The van der Waals surface area contributed by atoms with Gasteiger partial charge >= 0.3 is 0 Å². The van der Waals surface area contributed by atoms with Gasteiger partial charge in [0.15, 0.2) is 0 Å². The van der Waals surface area contributed by atoms with Crippen molar-refractivity contribution >= 4 is 21.6 Å². The van der Waals surface area contributed by atoms with Gasteiger partial charge in [-0.1, -0.05) is 58.0 Å². The number of benzene rings is 2. The first-order chi connectivity index (χ1) is 11.6. The van der Waals surface area contributed by atoms with E-state index in [9.17, 15) is 10.2 Å². The summed E-state index contributed by atoms with van der Waals surface area (Å²) in [6.07, 6.45) is 0. The molecule has 2 aromatic carbocycles. The fourth-order valence-corrected chi connectivity index (χ4v) is 4.11. The van der Waals surface area contributed by atoms with Crippen LogP contribution in [0.4, 0.5) is 0 Å². The second-order valence-electron chi connectivity index (χ2n) is 5.50. The third-order valence-electron chi connectivity index (χ3n) is 3.49. The normalized spacial score (nSPS) is 13.6. The second kappa shape index (κ2) is 9.84. The Labute approximate surface area is 151 Å². The molecule has 0 aliphatic heterocycles. The van der Waals surface area contributed by atoms with Gasteiger partial charge in [0.25, 0.3) is 0 Å². The van der Waals surface area contributed by atoms with Crippen LogP contribution in [0.2, 0.25) is 0 Å². The van der Waals surface area contributed by atoms with Crippen molar-refractivity contribution in [3.05, 3.63) is 59.7 Å². The lowest BCUT2D eigenvalue weighted by atomic mass is 10.2. The molecule has 0 aliphatic carbocycles. The van der Waals surface area contributed by atoms with Crippen LogP contribution < -0.4 is 10.6 Å². The molecule has 6 heteroatoms. The molecule has 130 valence electrons. The highest BCUT2D eigenvalue weighted by molar-refractivity contribution is 8.77. The van der Waals surface area contributed by atoms with Crippen molar-refractivity contribution in [2.45, 2.75) is 37.7 Å². The van der Waals surface area contributed by atoms with E-state index in [0.717, 1.165) is 11.1 Å². The molecular formula is C18H24N2O2S2. The van der Waals surface area contributed by atoms with Crippen molar-refractivity contribution in [2.75, 3.05) is 0 Å². The summed E-state index contributed by atoms with van der Waals surface area (Å²) in [5, 5.41) is 26.8. The van der Waals surface area contributed by atoms with Crippen LogP contribution in [0.25, 0.3) is 0 Å². The highest BCUT2D eigenvalue weighted by Crippen LogP contribution is 2.29. The van der Waals surface area contributed by atoms with Gasteiger partial charge in [0.05, 0.1) is 10.7 Å². The maximum atomic E-state index is 9.76. The first kappa shape index (κ1) is 19.0. The minimum atomic E-state index is 0.254. The minimum absolute atomic E-state index is 0.254. The van der Waals surface area contributed by atoms with Gasteiger partial charge in [0.1, 0.15) is 11.5 Å². The van der Waals surface area contributed by atoms with Crippen molar-refractivity contribution in [2.24, 2.45) is 0 Å². The molecule has 2 aromatic rings. The SMILES string of the molecule is CC(NCc1ccccc1O)SSC(C)NCc1ccccc1O. The number of phenolic OH excluding ortho intramolecular Hbond substituents is 2. The van der Waals surface area contributed by atoms with E-state index in [1.807, 2.05) is 36.4 Å². The van der Waals surface area contributed by atoms with Gasteiger partial charge in [0, 0.05) is 24.2 Å². The Kier molecular flexibility index (Phi) is 7.78. The summed E-state index contributed by atoms with van der Waals surface area (Å²) in [4.78, 5) is 0. The average Bonchev–Trinajstić information content (AvgIpc) is 2.58. The van der Waals surface area contributed by atoms with Gasteiger partial charge in [-0.05, 0) is 26.0 Å². The average molecular weight is 365 g/mol. The van der Waals surface area contributed by atoms with Crippen LogP contribution in [-0.2, 0) is 13.1 Å². The number of para-hydroxylation sites is 2. The summed E-state index contributed by atoms with van der Waals surface area (Å²) >= 11 is 0. The number of hydrogen-bond donors (Lipinski definition) is 4. The molecule has 24 heavy (non-hydrogen) atoms. The standard InChI is InChI=1S/C18H24N2O2S2/c1-13(19-11-15-7-3-5-9-17(15)21)23-24-14(2)20-12-16-8-4-6-10-18(16)22/h3-10,13-14,19-22H,11-12H2,1-2H3. The van der Waals surface area contributed by atoms with Crippen LogP contribution >= 0.6 is 21.6 Å². The van der Waals surface area contributed by atoms with E-state index in [1.54, 1.807) is 33.7 Å². The Morgan fingerprint density at radius 1 is 0.750 bits per heavy atom. The smallest absolute Gasteiger partial charge is 0.120 e. The highest BCUT2D eigenvalue weighted by atomic mass is 33.1. The van der Waals surface area contributed by atoms with Gasteiger partial charge in [-0.2, -0.15) is 0 Å². The molecule has 0 spiro atoms. The second-order valence-corrected chi connectivity index (χ2v) is 8.45. The topological polar surface area (TPSA) is 64.5 Å². The molecule has 0 fully saturated rings. The Morgan fingerprint density at radius 2 is 1.12 bits per heavy atom. The van der Waals surface area contributed by atoms with Crippen molar-refractivity contribution in [1.82, 2.24) is 10.6 Å². The van der Waals surface area contributed by atoms with Crippen molar-refractivity contribution in [3.63, 3.8) is 0 Å². The summed E-state index contributed by atoms with van der Waals surface area (Å²) in [5.74, 6) is 0.653. The van der Waals surface area contributed by atoms with E-state index in [4.69, 9.17) is 0 Å². The molecule has 0 aliphatic rings. The fourth-order valence-electron chi connectivity index (χ4n) is 2.06. The summed E-state index contributed by atoms with van der Waals surface area (Å²) in [7, 11) is 3.50. The number of aromatic hydroxyl groups is 2. The van der Waals surface area contributed by atoms with Crippen LogP contribution in [0.15, 0.2) is 48.5 Å². The molecule has 4 nitrogen and oxygen atoms in total. The lowest BCUT2D eigenvalue weighted by Crippen LogP contribution is -2.24.